The van der Waals surface area contributed by atoms with Gasteiger partial charge in [-0.05, 0) is 62.4 Å². The number of rotatable bonds is 5. The largest absolute Gasteiger partial charge is 0.325 e. The minimum atomic E-state index is -0.214. The van der Waals surface area contributed by atoms with E-state index in [1.165, 1.54) is 18.7 Å². The Labute approximate surface area is 142 Å². The number of carbonyl (C=O) groups excluding carboxylic acids is 2. The number of benzene rings is 2. The Morgan fingerprint density at radius 3 is 2.18 bits per heavy atom. The van der Waals surface area contributed by atoms with Crippen molar-refractivity contribution < 1.29 is 9.59 Å². The van der Waals surface area contributed by atoms with E-state index in [9.17, 15) is 9.59 Å². The van der Waals surface area contributed by atoms with Crippen LogP contribution in [-0.4, -0.2) is 16.9 Å². The lowest BCUT2D eigenvalue weighted by Gasteiger charge is -2.12. The minimum Gasteiger partial charge on any atom is -0.325 e. The molecule has 0 radical (unpaired) electrons. The van der Waals surface area contributed by atoms with Crippen LogP contribution in [0.3, 0.4) is 0 Å². The molecule has 2 rings (SSSR count). The van der Waals surface area contributed by atoms with Crippen LogP contribution in [0, 0.1) is 0 Å². The highest BCUT2D eigenvalue weighted by molar-refractivity contribution is 9.10. The van der Waals surface area contributed by atoms with Gasteiger partial charge in [-0.15, -0.1) is 11.8 Å². The molecule has 0 fully saturated rings. The Morgan fingerprint density at radius 2 is 1.64 bits per heavy atom. The van der Waals surface area contributed by atoms with E-state index in [4.69, 9.17) is 0 Å². The number of hydrogen-bond donors (Lipinski definition) is 1. The van der Waals surface area contributed by atoms with Crippen LogP contribution in [0.4, 0.5) is 5.69 Å². The van der Waals surface area contributed by atoms with Crippen LogP contribution in [0.2, 0.25) is 0 Å². The lowest BCUT2D eigenvalue weighted by molar-refractivity contribution is -0.115. The molecule has 0 heterocycles. The van der Waals surface area contributed by atoms with Crippen LogP contribution in [0.15, 0.2) is 57.9 Å². The van der Waals surface area contributed by atoms with Crippen molar-refractivity contribution in [2.75, 3.05) is 5.32 Å². The lowest BCUT2D eigenvalue weighted by Crippen LogP contribution is -2.22. The quantitative estimate of drug-likeness (QED) is 0.602. The monoisotopic (exact) mass is 377 g/mol. The molecule has 2 aromatic carbocycles. The van der Waals surface area contributed by atoms with Gasteiger partial charge in [0, 0.05) is 20.6 Å². The molecule has 22 heavy (non-hydrogen) atoms. The molecule has 0 unspecified atom stereocenters. The minimum absolute atomic E-state index is 0.0111. The molecule has 0 aliphatic heterocycles. The summed E-state index contributed by atoms with van der Waals surface area (Å²) in [5.74, 6) is -0.0551. The van der Waals surface area contributed by atoms with Crippen LogP contribution < -0.4 is 5.32 Å². The van der Waals surface area contributed by atoms with E-state index in [1.54, 1.807) is 24.3 Å². The normalized spacial score (nSPS) is 11.8. The van der Waals surface area contributed by atoms with Crippen LogP contribution in [0.1, 0.15) is 24.2 Å². The van der Waals surface area contributed by atoms with Crippen molar-refractivity contribution in [3.05, 3.63) is 58.6 Å². The molecule has 0 aliphatic rings. The Bertz CT molecular complexity index is 668. The Kier molecular flexibility index (Phi) is 5.80. The summed E-state index contributed by atoms with van der Waals surface area (Å²) in [4.78, 5) is 24.5. The molecule has 0 bridgehead atoms. The summed E-state index contributed by atoms with van der Waals surface area (Å²) in [6.45, 7) is 3.39. The van der Waals surface area contributed by atoms with Crippen molar-refractivity contribution in [2.24, 2.45) is 0 Å². The number of halogens is 1. The predicted molar refractivity (Wildman–Crippen MR) is 94.5 cm³/mol. The zero-order valence-electron chi connectivity index (χ0n) is 12.3. The zero-order valence-corrected chi connectivity index (χ0v) is 14.7. The molecule has 0 saturated carbocycles. The Balaban J connectivity index is 1.95. The number of carbonyl (C=O) groups is 2. The second-order valence-corrected chi connectivity index (χ2v) is 7.17. The van der Waals surface area contributed by atoms with E-state index < -0.39 is 0 Å². The smallest absolute Gasteiger partial charge is 0.237 e. The molecule has 0 spiro atoms. The van der Waals surface area contributed by atoms with E-state index in [1.807, 2.05) is 31.2 Å². The van der Waals surface area contributed by atoms with Crippen molar-refractivity contribution in [1.82, 2.24) is 0 Å². The Hall–Kier alpha value is -1.59. The number of anilines is 1. The first-order valence-electron chi connectivity index (χ1n) is 6.80. The summed E-state index contributed by atoms with van der Waals surface area (Å²) in [5, 5.41) is 2.64. The number of ketones is 1. The molecule has 3 nitrogen and oxygen atoms in total. The second-order valence-electron chi connectivity index (χ2n) is 4.84. The molecule has 1 N–H and O–H groups in total. The molecule has 114 valence electrons. The topological polar surface area (TPSA) is 46.2 Å². The highest BCUT2D eigenvalue weighted by Crippen LogP contribution is 2.25. The fourth-order valence-electron chi connectivity index (χ4n) is 1.80. The SMILES string of the molecule is CC(=O)c1ccc(NC(=O)[C@H](C)Sc2ccc(Br)cc2)cc1. The highest BCUT2D eigenvalue weighted by Gasteiger charge is 2.14. The van der Waals surface area contributed by atoms with E-state index >= 15 is 0 Å². The lowest BCUT2D eigenvalue weighted by atomic mass is 10.1. The van der Waals surface area contributed by atoms with E-state index in [-0.39, 0.29) is 16.9 Å². The number of amides is 1. The van der Waals surface area contributed by atoms with Gasteiger partial charge in [-0.1, -0.05) is 15.9 Å². The van der Waals surface area contributed by atoms with Crippen molar-refractivity contribution in [2.45, 2.75) is 24.0 Å². The van der Waals surface area contributed by atoms with Gasteiger partial charge < -0.3 is 5.32 Å². The molecular weight excluding hydrogens is 362 g/mol. The standard InChI is InChI=1S/C17H16BrNO2S/c1-11(20)13-3-7-15(8-4-13)19-17(21)12(2)22-16-9-5-14(18)6-10-16/h3-10,12H,1-2H3,(H,19,21)/t12-/m0/s1. The maximum absolute atomic E-state index is 12.2. The molecule has 2 aromatic rings. The maximum atomic E-state index is 12.2. The number of Topliss-reactive ketones (excluding diaryl/α,β-unsaturated/α-hetero) is 1. The molecular formula is C17H16BrNO2S. The molecule has 0 aliphatic carbocycles. The molecule has 1 atom stereocenters. The summed E-state index contributed by atoms with van der Waals surface area (Å²) in [7, 11) is 0. The Morgan fingerprint density at radius 1 is 1.05 bits per heavy atom. The van der Waals surface area contributed by atoms with Gasteiger partial charge in [0.1, 0.15) is 0 Å². The average Bonchev–Trinajstić information content (AvgIpc) is 2.50. The molecule has 5 heteroatoms. The van der Waals surface area contributed by atoms with Gasteiger partial charge in [0.15, 0.2) is 5.78 Å². The summed E-state index contributed by atoms with van der Waals surface area (Å²) >= 11 is 4.89. The van der Waals surface area contributed by atoms with Gasteiger partial charge in [0.25, 0.3) is 0 Å². The third-order valence-corrected chi connectivity index (χ3v) is 4.70. The number of hydrogen-bond acceptors (Lipinski definition) is 3. The van der Waals surface area contributed by atoms with Gasteiger partial charge in [-0.2, -0.15) is 0 Å². The van der Waals surface area contributed by atoms with Gasteiger partial charge >= 0.3 is 0 Å². The predicted octanol–water partition coefficient (Wildman–Crippen LogP) is 4.77. The fraction of sp³-hybridized carbons (Fsp3) is 0.176. The molecule has 0 aromatic heterocycles. The third kappa shape index (κ3) is 4.71. The van der Waals surface area contributed by atoms with Crippen LogP contribution in [-0.2, 0) is 4.79 Å². The summed E-state index contributed by atoms with van der Waals surface area (Å²) < 4.78 is 1.01. The second kappa shape index (κ2) is 7.61. The van der Waals surface area contributed by atoms with E-state index in [0.717, 1.165) is 9.37 Å². The zero-order chi connectivity index (χ0) is 16.1. The molecule has 0 saturated heterocycles. The van der Waals surface area contributed by atoms with Gasteiger partial charge in [-0.25, -0.2) is 0 Å². The van der Waals surface area contributed by atoms with Crippen LogP contribution in [0.25, 0.3) is 0 Å². The van der Waals surface area contributed by atoms with Gasteiger partial charge in [0.2, 0.25) is 5.91 Å². The fourth-order valence-corrected chi connectivity index (χ4v) is 2.93. The summed E-state index contributed by atoms with van der Waals surface area (Å²) in [5.41, 5.74) is 1.33. The van der Waals surface area contributed by atoms with Crippen molar-refractivity contribution >= 4 is 45.1 Å². The van der Waals surface area contributed by atoms with E-state index in [2.05, 4.69) is 21.2 Å². The van der Waals surface area contributed by atoms with Crippen LogP contribution >= 0.6 is 27.7 Å². The first kappa shape index (κ1) is 16.8. The summed E-state index contributed by atoms with van der Waals surface area (Å²) in [6, 6.07) is 14.8. The highest BCUT2D eigenvalue weighted by atomic mass is 79.9. The number of thioether (sulfide) groups is 1. The van der Waals surface area contributed by atoms with E-state index in [0.29, 0.717) is 11.3 Å². The molecule has 1 amide bonds. The van der Waals surface area contributed by atoms with Crippen LogP contribution in [0.5, 0.6) is 0 Å². The summed E-state index contributed by atoms with van der Waals surface area (Å²) in [6.07, 6.45) is 0. The van der Waals surface area contributed by atoms with Crippen molar-refractivity contribution in [3.63, 3.8) is 0 Å². The van der Waals surface area contributed by atoms with Gasteiger partial charge in [-0.3, -0.25) is 9.59 Å². The number of nitrogens with one attached hydrogen (secondary N) is 1. The average molecular weight is 378 g/mol. The first-order valence-corrected chi connectivity index (χ1v) is 8.47. The van der Waals surface area contributed by atoms with Gasteiger partial charge in [0.05, 0.1) is 5.25 Å². The first-order chi connectivity index (χ1) is 10.5. The maximum Gasteiger partial charge on any atom is 0.237 e. The third-order valence-electron chi connectivity index (χ3n) is 3.05. The van der Waals surface area contributed by atoms with Crippen molar-refractivity contribution in [1.29, 1.82) is 0 Å². The van der Waals surface area contributed by atoms with Crippen molar-refractivity contribution in [3.8, 4) is 0 Å².